The van der Waals surface area contributed by atoms with Gasteiger partial charge in [0.2, 0.25) is 53.2 Å². The predicted molar refractivity (Wildman–Crippen MR) is 290 cm³/mol. The topological polar surface area (TPSA) is 456 Å². The molecule has 4 heterocycles. The van der Waals surface area contributed by atoms with E-state index in [0.29, 0.717) is 57.1 Å². The molecule has 4 rings (SSSR count). The molecule has 4 aliphatic rings. The van der Waals surface area contributed by atoms with Crippen molar-refractivity contribution in [2.24, 2.45) is 38.7 Å². The Morgan fingerprint density at radius 2 is 1.10 bits per heavy atom. The van der Waals surface area contributed by atoms with Crippen LogP contribution in [0.3, 0.4) is 0 Å². The quantitative estimate of drug-likeness (QED) is 0.0139. The van der Waals surface area contributed by atoms with E-state index in [4.69, 9.17) is 28.7 Å². The number of amides is 9. The van der Waals surface area contributed by atoms with Gasteiger partial charge in [0.1, 0.15) is 54.6 Å². The highest BCUT2D eigenvalue weighted by atomic mass is 32.2. The van der Waals surface area contributed by atoms with E-state index >= 15 is 0 Å². The van der Waals surface area contributed by atoms with Crippen molar-refractivity contribution in [3.63, 3.8) is 0 Å². The van der Waals surface area contributed by atoms with Crippen LogP contribution in [0.1, 0.15) is 110 Å². The lowest BCUT2D eigenvalue weighted by atomic mass is 10.0. The Hall–Kier alpha value is -6.82. The molecule has 9 amide bonds. The number of nitrogens with one attached hydrogen (secondary N) is 5. The molecule has 4 saturated heterocycles. The number of aliphatic hydroxyl groups is 1. The van der Waals surface area contributed by atoms with E-state index in [2.05, 4.69) is 36.6 Å². The van der Waals surface area contributed by atoms with E-state index in [0.717, 1.165) is 4.90 Å². The summed E-state index contributed by atoms with van der Waals surface area (Å²) in [7, 11) is 0. The van der Waals surface area contributed by atoms with Crippen LogP contribution in [0.2, 0.25) is 0 Å². The Balaban J connectivity index is 1.51. The molecule has 17 N–H and O–H groups in total. The second kappa shape index (κ2) is 31.7. The van der Waals surface area contributed by atoms with E-state index in [1.807, 2.05) is 6.26 Å². The lowest BCUT2D eigenvalue weighted by Gasteiger charge is -2.34. The van der Waals surface area contributed by atoms with Crippen molar-refractivity contribution < 1.29 is 63.0 Å². The highest BCUT2D eigenvalue weighted by molar-refractivity contribution is 7.98. The molecule has 79 heavy (non-hydrogen) atoms. The zero-order valence-electron chi connectivity index (χ0n) is 45.3. The van der Waals surface area contributed by atoms with Crippen LogP contribution < -0.4 is 55.3 Å². The molecule has 11 atom stereocenters. The number of aliphatic carboxylic acids is 1. The van der Waals surface area contributed by atoms with Crippen LogP contribution in [0.4, 0.5) is 0 Å². The minimum absolute atomic E-state index is 0.0164. The average molecular weight is 1140 g/mol. The van der Waals surface area contributed by atoms with E-state index < -0.39 is 138 Å². The smallest absolute Gasteiger partial charge is 0.303 e. The number of carbonyl (C=O) groups excluding carboxylic acids is 10. The molecule has 0 spiro atoms. The molecule has 0 bridgehead atoms. The molecule has 4 fully saturated rings. The van der Waals surface area contributed by atoms with Gasteiger partial charge in [0.05, 0.1) is 18.2 Å². The first-order valence-corrected chi connectivity index (χ1v) is 28.3. The number of nitrogens with zero attached hydrogens (tertiary/aromatic N) is 6. The number of carboxylic acid groups (broad SMARTS) is 1. The molecular weight excluding hydrogens is 1050 g/mol. The van der Waals surface area contributed by atoms with Crippen LogP contribution in [0, 0.1) is 0 Å². The van der Waals surface area contributed by atoms with Crippen LogP contribution in [0.5, 0.6) is 0 Å². The van der Waals surface area contributed by atoms with Gasteiger partial charge in [0.25, 0.3) is 0 Å². The average Bonchev–Trinajstić information content (AvgIpc) is 4.29. The summed E-state index contributed by atoms with van der Waals surface area (Å²) < 4.78 is 0. The number of carboxylic acids is 1. The Morgan fingerprint density at radius 3 is 1.66 bits per heavy atom. The maximum atomic E-state index is 14.6. The largest absolute Gasteiger partial charge is 0.481 e. The zero-order valence-corrected chi connectivity index (χ0v) is 46.2. The van der Waals surface area contributed by atoms with Gasteiger partial charge < -0.3 is 89.9 Å². The summed E-state index contributed by atoms with van der Waals surface area (Å²) in [5, 5.41) is 33.4. The van der Waals surface area contributed by atoms with Crippen molar-refractivity contribution >= 4 is 89.1 Å². The van der Waals surface area contributed by atoms with E-state index in [-0.39, 0.29) is 89.6 Å². The molecule has 0 aromatic rings. The maximum Gasteiger partial charge on any atom is 0.303 e. The zero-order chi connectivity index (χ0) is 58.5. The first-order valence-electron chi connectivity index (χ1n) is 26.9. The summed E-state index contributed by atoms with van der Waals surface area (Å²) in [6.45, 7) is 3.56. The summed E-state index contributed by atoms with van der Waals surface area (Å²) >= 11 is 1.46. The second-order valence-electron chi connectivity index (χ2n) is 20.3. The van der Waals surface area contributed by atoms with Crippen LogP contribution in [-0.4, -0.2) is 225 Å². The number of aliphatic imine (C=N–C) groups is 2. The standard InChI is InChI=1S/C49H82N16O13S/c1-27(44(75)62-21-6-10-29(62)26-66)57-41(72)34-13-8-23-64(34)47(78)36-15-9-24-65(36)45(76)32(12-5-20-56-49(53)54)59-42(73)35-14-7-22-63(35)46(77)33(16-17-37(68)69)60-43(74)38(28(2)67)61-40(71)31(11-4-19-55-48(51)52)58-39(70)30(50)18-25-79-3/h26-36,38,67H,4-25,50H2,1-3H3,(H,57,72)(H,58,70)(H,59,73)(H,60,74)(H,61,71)(H,68,69)(H4,51,52,55)(H4,53,54,56)/t27-,28+,29-,30-,31-,32-,33-,34-,35-,36-,38-/m0/s1. The number of guanidine groups is 2. The molecule has 0 aliphatic carbocycles. The van der Waals surface area contributed by atoms with E-state index in [1.54, 1.807) is 0 Å². The monoisotopic (exact) mass is 1130 g/mol. The molecule has 4 aliphatic heterocycles. The summed E-state index contributed by atoms with van der Waals surface area (Å²) in [4.78, 5) is 162. The minimum atomic E-state index is -1.74. The lowest BCUT2D eigenvalue weighted by molar-refractivity contribution is -0.149. The fraction of sp³-hybridized carbons (Fsp3) is 0.735. The minimum Gasteiger partial charge on any atom is -0.481 e. The Labute approximate surface area is 463 Å². The van der Waals surface area contributed by atoms with Crippen molar-refractivity contribution in [2.75, 3.05) is 51.3 Å². The van der Waals surface area contributed by atoms with Crippen molar-refractivity contribution in [3.05, 3.63) is 0 Å². The van der Waals surface area contributed by atoms with Gasteiger partial charge in [-0.15, -0.1) is 0 Å². The van der Waals surface area contributed by atoms with Crippen LogP contribution in [-0.2, 0) is 52.7 Å². The summed E-state index contributed by atoms with van der Waals surface area (Å²) in [5.74, 6) is -7.51. The van der Waals surface area contributed by atoms with Gasteiger partial charge in [-0.3, -0.25) is 57.9 Å². The third-order valence-electron chi connectivity index (χ3n) is 14.4. The molecule has 0 aromatic carbocycles. The number of hydrogen-bond acceptors (Lipinski definition) is 16. The lowest BCUT2D eigenvalue weighted by Crippen LogP contribution is -2.61. The molecule has 0 radical (unpaired) electrons. The van der Waals surface area contributed by atoms with Crippen LogP contribution in [0.25, 0.3) is 0 Å². The van der Waals surface area contributed by atoms with Gasteiger partial charge in [-0.05, 0) is 116 Å². The number of thioether (sulfide) groups is 1. The number of hydrogen-bond donors (Lipinski definition) is 12. The molecule has 30 heteroatoms. The first-order chi connectivity index (χ1) is 37.5. The molecule has 0 aromatic heterocycles. The highest BCUT2D eigenvalue weighted by Gasteiger charge is 2.46. The number of likely N-dealkylation sites (tertiary alicyclic amines) is 4. The number of aliphatic hydroxyl groups excluding tert-OH is 1. The molecule has 29 nitrogen and oxygen atoms in total. The molecule has 0 unspecified atom stereocenters. The molecule has 0 saturated carbocycles. The van der Waals surface area contributed by atoms with Crippen molar-refractivity contribution in [1.82, 2.24) is 46.2 Å². The van der Waals surface area contributed by atoms with Gasteiger partial charge in [-0.25, -0.2) is 0 Å². The second-order valence-corrected chi connectivity index (χ2v) is 21.3. The number of aldehydes is 1. The van der Waals surface area contributed by atoms with Gasteiger partial charge in [-0.2, -0.15) is 11.8 Å². The Morgan fingerprint density at radius 1 is 0.608 bits per heavy atom. The number of rotatable bonds is 30. The van der Waals surface area contributed by atoms with Gasteiger partial charge in [0, 0.05) is 45.7 Å². The summed E-state index contributed by atoms with van der Waals surface area (Å²) in [6, 6.07) is -11.6. The molecular formula is C49H82N16O13S. The van der Waals surface area contributed by atoms with Gasteiger partial charge in [0.15, 0.2) is 11.9 Å². The number of nitrogens with two attached hydrogens (primary N) is 5. The van der Waals surface area contributed by atoms with Crippen molar-refractivity contribution in [2.45, 2.75) is 177 Å². The van der Waals surface area contributed by atoms with Gasteiger partial charge >= 0.3 is 5.97 Å². The predicted octanol–water partition coefficient (Wildman–Crippen LogP) is -4.97. The SMILES string of the molecule is CSCC[C@H](N)C(=O)N[C@@H](CCCN=C(N)N)C(=O)N[C@H](C(=O)N[C@@H](CCC(=O)O)C(=O)N1CCC[C@H]1C(=O)N[C@@H](CCCN=C(N)N)C(=O)N1CCC[C@H]1C(=O)N1CCC[C@H]1C(=O)N[C@@H](C)C(=O)N1CCC[C@H]1C=O)[C@@H](C)O. The maximum absolute atomic E-state index is 14.6. The number of carbonyl (C=O) groups is 11. The fourth-order valence-corrected chi connectivity index (χ4v) is 10.7. The Kier molecular flexibility index (Phi) is 26.0. The van der Waals surface area contributed by atoms with Gasteiger partial charge in [-0.1, -0.05) is 0 Å². The first kappa shape index (κ1) is 64.7. The summed E-state index contributed by atoms with van der Waals surface area (Å²) in [5.41, 5.74) is 28.0. The third-order valence-corrected chi connectivity index (χ3v) is 15.0. The van der Waals surface area contributed by atoms with Crippen molar-refractivity contribution in [1.29, 1.82) is 0 Å². The Bertz CT molecular complexity index is 2250. The third kappa shape index (κ3) is 18.9. The van der Waals surface area contributed by atoms with Crippen LogP contribution >= 0.6 is 11.8 Å². The van der Waals surface area contributed by atoms with Crippen molar-refractivity contribution in [3.8, 4) is 0 Å². The summed E-state index contributed by atoms with van der Waals surface area (Å²) in [6.07, 6.45) is 3.49. The van der Waals surface area contributed by atoms with E-state index in [9.17, 15) is 63.0 Å². The fourth-order valence-electron chi connectivity index (χ4n) is 10.2. The van der Waals surface area contributed by atoms with Crippen LogP contribution in [0.15, 0.2) is 9.98 Å². The normalized spacial score (nSPS) is 21.5. The molecule has 442 valence electrons. The van der Waals surface area contributed by atoms with E-state index in [1.165, 1.54) is 40.3 Å². The highest BCUT2D eigenvalue weighted by Crippen LogP contribution is 2.27.